The van der Waals surface area contributed by atoms with Gasteiger partial charge in [-0.25, -0.2) is 9.55 Å². The van der Waals surface area contributed by atoms with Crippen LogP contribution in [0.1, 0.15) is 5.82 Å². The first kappa shape index (κ1) is 11.9. The zero-order valence-electron chi connectivity index (χ0n) is 8.17. The van der Waals surface area contributed by atoms with Crippen molar-refractivity contribution in [2.45, 2.75) is 5.75 Å². The first-order valence-electron chi connectivity index (χ1n) is 3.92. The quantitative estimate of drug-likeness (QED) is 0.458. The van der Waals surface area contributed by atoms with Gasteiger partial charge in [0.15, 0.2) is 0 Å². The van der Waals surface area contributed by atoms with E-state index in [1.807, 2.05) is 0 Å². The number of methoxy groups -OCH3 is 1. The van der Waals surface area contributed by atoms with Gasteiger partial charge in [-0.1, -0.05) is 11.8 Å². The Labute approximate surface area is 95.8 Å². The molecule has 0 aliphatic heterocycles. The molecule has 0 aliphatic rings. The van der Waals surface area contributed by atoms with Gasteiger partial charge in [0, 0.05) is 0 Å². The van der Waals surface area contributed by atoms with Crippen LogP contribution in [-0.4, -0.2) is 26.0 Å². The molecule has 0 aliphatic carbocycles. The second-order valence-corrected chi connectivity index (χ2v) is 4.17. The van der Waals surface area contributed by atoms with Gasteiger partial charge < -0.3 is 14.9 Å². The maximum absolute atomic E-state index is 10.5. The van der Waals surface area contributed by atoms with E-state index in [4.69, 9.17) is 17.0 Å². The minimum atomic E-state index is -0.476. The summed E-state index contributed by atoms with van der Waals surface area (Å²) in [5, 5.41) is 10.5. The van der Waals surface area contributed by atoms with E-state index in [9.17, 15) is 10.1 Å². The molecule has 0 radical (unpaired) electrons. The summed E-state index contributed by atoms with van der Waals surface area (Å²) in [6.45, 7) is 0. The first-order valence-corrected chi connectivity index (χ1v) is 5.31. The maximum Gasteiger partial charge on any atom is 0.342 e. The summed E-state index contributed by atoms with van der Waals surface area (Å²) in [7, 11) is 3.08. The molecule has 0 bridgehead atoms. The summed E-state index contributed by atoms with van der Waals surface area (Å²) in [5.74, 6) is 1.01. The summed E-state index contributed by atoms with van der Waals surface area (Å²) in [6.07, 6.45) is 1.23. The molecule has 0 saturated heterocycles. The minimum absolute atomic E-state index is 0.0334. The third-order valence-corrected chi connectivity index (χ3v) is 3.06. The third-order valence-electron chi connectivity index (χ3n) is 1.73. The number of thiocarbonyl (C=S) groups is 1. The molecule has 0 atom stereocenters. The topological polar surface area (TPSA) is 70.2 Å². The number of aromatic nitrogens is 2. The number of nitrogens with zero attached hydrogens (tertiary/aromatic N) is 3. The van der Waals surface area contributed by atoms with Crippen molar-refractivity contribution in [3.05, 3.63) is 22.1 Å². The van der Waals surface area contributed by atoms with Gasteiger partial charge in [-0.2, -0.15) is 0 Å². The highest BCUT2D eigenvalue weighted by atomic mass is 32.2. The standard InChI is InChI=1S/C7H9N3O3S2/c1-9-5(4-15-7(14)13-2)8-3-6(9)10(11)12/h3H,4H2,1-2H3. The van der Waals surface area contributed by atoms with Gasteiger partial charge in [-0.3, -0.25) is 0 Å². The summed E-state index contributed by atoms with van der Waals surface area (Å²) in [4.78, 5) is 14.0. The van der Waals surface area contributed by atoms with Crippen molar-refractivity contribution in [1.82, 2.24) is 9.55 Å². The molecule has 0 fully saturated rings. The fourth-order valence-electron chi connectivity index (χ4n) is 0.924. The van der Waals surface area contributed by atoms with Crippen molar-refractivity contribution < 1.29 is 9.66 Å². The molecule has 0 spiro atoms. The molecule has 6 nitrogen and oxygen atoms in total. The number of rotatable bonds is 3. The number of hydrogen-bond acceptors (Lipinski definition) is 6. The summed E-state index contributed by atoms with van der Waals surface area (Å²) < 4.78 is 6.60. The molecule has 1 rings (SSSR count). The summed E-state index contributed by atoms with van der Waals surface area (Å²) in [6, 6.07) is 0. The molecule has 15 heavy (non-hydrogen) atoms. The average Bonchev–Trinajstić information content (AvgIpc) is 2.56. The van der Waals surface area contributed by atoms with E-state index in [0.717, 1.165) is 0 Å². The Kier molecular flexibility index (Phi) is 4.04. The van der Waals surface area contributed by atoms with Crippen LogP contribution in [0.3, 0.4) is 0 Å². The van der Waals surface area contributed by atoms with Crippen LogP contribution < -0.4 is 0 Å². The van der Waals surface area contributed by atoms with Crippen molar-refractivity contribution >= 4 is 34.2 Å². The predicted octanol–water partition coefficient (Wildman–Crippen LogP) is 1.49. The zero-order chi connectivity index (χ0) is 11.4. The number of ether oxygens (including phenoxy) is 1. The lowest BCUT2D eigenvalue weighted by atomic mass is 10.7. The first-order chi connectivity index (χ1) is 7.06. The minimum Gasteiger partial charge on any atom is -0.482 e. The van der Waals surface area contributed by atoms with E-state index in [1.54, 1.807) is 7.05 Å². The van der Waals surface area contributed by atoms with Crippen LogP contribution in [-0.2, 0) is 17.5 Å². The molecule has 0 amide bonds. The number of hydrogen-bond donors (Lipinski definition) is 0. The Hall–Kier alpha value is -1.15. The lowest BCUT2D eigenvalue weighted by Gasteiger charge is -1.99. The lowest BCUT2D eigenvalue weighted by molar-refractivity contribution is -0.391. The van der Waals surface area contributed by atoms with Crippen molar-refractivity contribution in [2.75, 3.05) is 7.11 Å². The maximum atomic E-state index is 10.5. The highest BCUT2D eigenvalue weighted by molar-refractivity contribution is 8.22. The van der Waals surface area contributed by atoms with E-state index in [2.05, 4.69) is 4.98 Å². The second-order valence-electron chi connectivity index (χ2n) is 2.59. The van der Waals surface area contributed by atoms with Crippen molar-refractivity contribution in [3.63, 3.8) is 0 Å². The highest BCUT2D eigenvalue weighted by Crippen LogP contribution is 2.17. The van der Waals surface area contributed by atoms with Gasteiger partial charge in [-0.15, -0.1) is 0 Å². The van der Waals surface area contributed by atoms with E-state index < -0.39 is 4.92 Å². The Morgan fingerprint density at radius 3 is 3.00 bits per heavy atom. The van der Waals surface area contributed by atoms with Crippen LogP contribution in [0.15, 0.2) is 6.20 Å². The smallest absolute Gasteiger partial charge is 0.342 e. The van der Waals surface area contributed by atoms with Gasteiger partial charge >= 0.3 is 5.82 Å². The summed E-state index contributed by atoms with van der Waals surface area (Å²) in [5.41, 5.74) is 0. The molecular formula is C7H9N3O3S2. The number of imidazole rings is 1. The van der Waals surface area contributed by atoms with Crippen LogP contribution in [0.4, 0.5) is 5.82 Å². The van der Waals surface area contributed by atoms with Crippen LogP contribution in [0.25, 0.3) is 0 Å². The lowest BCUT2D eigenvalue weighted by Crippen LogP contribution is -2.02. The van der Waals surface area contributed by atoms with E-state index in [1.165, 1.54) is 29.6 Å². The van der Waals surface area contributed by atoms with E-state index in [0.29, 0.717) is 16.0 Å². The second kappa shape index (κ2) is 5.08. The van der Waals surface area contributed by atoms with Crippen molar-refractivity contribution in [1.29, 1.82) is 0 Å². The highest BCUT2D eigenvalue weighted by Gasteiger charge is 2.16. The normalized spacial score (nSPS) is 10.0. The molecule has 8 heteroatoms. The molecule has 1 heterocycles. The van der Waals surface area contributed by atoms with Crippen LogP contribution in [0, 0.1) is 10.1 Å². The van der Waals surface area contributed by atoms with Gasteiger partial charge in [0.2, 0.25) is 10.2 Å². The molecule has 1 aromatic heterocycles. The third kappa shape index (κ3) is 2.90. The molecule has 0 saturated carbocycles. The monoisotopic (exact) mass is 247 g/mol. The Morgan fingerprint density at radius 1 is 1.87 bits per heavy atom. The average molecular weight is 247 g/mol. The Balaban J connectivity index is 2.71. The van der Waals surface area contributed by atoms with E-state index in [-0.39, 0.29) is 5.82 Å². The largest absolute Gasteiger partial charge is 0.482 e. The molecule has 82 valence electrons. The Morgan fingerprint density at radius 2 is 2.53 bits per heavy atom. The summed E-state index contributed by atoms with van der Waals surface area (Å²) >= 11 is 6.10. The molecule has 0 N–H and O–H groups in total. The van der Waals surface area contributed by atoms with Crippen LogP contribution in [0.5, 0.6) is 0 Å². The van der Waals surface area contributed by atoms with Gasteiger partial charge in [0.1, 0.15) is 6.20 Å². The predicted molar refractivity (Wildman–Crippen MR) is 60.8 cm³/mol. The fraction of sp³-hybridized carbons (Fsp3) is 0.429. The van der Waals surface area contributed by atoms with Crippen molar-refractivity contribution in [3.8, 4) is 0 Å². The van der Waals surface area contributed by atoms with Crippen molar-refractivity contribution in [2.24, 2.45) is 7.05 Å². The van der Waals surface area contributed by atoms with Crippen LogP contribution in [0.2, 0.25) is 0 Å². The fourth-order valence-corrected chi connectivity index (χ4v) is 1.73. The van der Waals surface area contributed by atoms with Gasteiger partial charge in [0.25, 0.3) is 0 Å². The van der Waals surface area contributed by atoms with Crippen LogP contribution >= 0.6 is 24.0 Å². The molecule has 0 unspecified atom stereocenters. The van der Waals surface area contributed by atoms with E-state index >= 15 is 0 Å². The molecule has 0 aromatic carbocycles. The number of thioether (sulfide) groups is 1. The molecular weight excluding hydrogens is 238 g/mol. The van der Waals surface area contributed by atoms with Gasteiger partial charge in [0.05, 0.1) is 19.9 Å². The Bertz CT molecular complexity index is 391. The zero-order valence-corrected chi connectivity index (χ0v) is 9.80. The molecule has 1 aromatic rings. The number of nitro groups is 1. The van der Waals surface area contributed by atoms with Gasteiger partial charge in [-0.05, 0) is 17.1 Å². The SMILES string of the molecule is COC(=S)SCc1ncc([N+](=O)[O-])n1C.